The van der Waals surface area contributed by atoms with E-state index in [1.165, 1.54) is 44.5 Å². The first-order valence-corrected chi connectivity index (χ1v) is 6.65. The zero-order valence-corrected chi connectivity index (χ0v) is 16.1. The van der Waals surface area contributed by atoms with E-state index in [1.54, 1.807) is 0 Å². The molecule has 0 aromatic heterocycles. The van der Waals surface area contributed by atoms with Gasteiger partial charge in [0, 0.05) is 0 Å². The molecule has 0 N–H and O–H groups in total. The molecule has 0 aliphatic rings. The van der Waals surface area contributed by atoms with Crippen LogP contribution in [0.2, 0.25) is 0 Å². The Kier molecular flexibility index (Phi) is 7.23. The summed E-state index contributed by atoms with van der Waals surface area (Å²) in [4.78, 5) is 0. The molecule has 0 atom stereocenters. The number of hydrogen-bond acceptors (Lipinski definition) is 0. The van der Waals surface area contributed by atoms with Crippen LogP contribution in [0.15, 0.2) is 12.1 Å². The number of aryl methyl sites for hydroxylation is 4. The van der Waals surface area contributed by atoms with Crippen molar-refractivity contribution in [2.75, 3.05) is 0 Å². The predicted octanol–water partition coefficient (Wildman–Crippen LogP) is 5.28. The Balaban J connectivity index is 0.000000324. The molecule has 0 bridgehead atoms. The van der Waals surface area contributed by atoms with Gasteiger partial charge in [-0.2, -0.15) is 56.6 Å². The van der Waals surface area contributed by atoms with E-state index in [0.29, 0.717) is 0 Å². The van der Waals surface area contributed by atoms with Gasteiger partial charge in [-0.25, -0.2) is 0 Å². The molecule has 0 saturated carbocycles. The summed E-state index contributed by atoms with van der Waals surface area (Å²) < 4.78 is 0. The normalized spacial score (nSPS) is 9.68. The Bertz CT molecular complexity index is 443. The monoisotopic (exact) mass is 332 g/mol. The molecule has 102 valence electrons. The van der Waals surface area contributed by atoms with Gasteiger partial charge in [0.1, 0.15) is 0 Å². The molecule has 0 fully saturated rings. The van der Waals surface area contributed by atoms with Gasteiger partial charge in [-0.3, -0.25) is 0 Å². The Morgan fingerprint density at radius 3 is 0.632 bits per heavy atom. The smallest absolute Gasteiger partial charge is 0.196 e. The Morgan fingerprint density at radius 1 is 0.421 bits per heavy atom. The zero-order valence-electron chi connectivity index (χ0n) is 13.7. The fourth-order valence-corrected chi connectivity index (χ4v) is 2.27. The van der Waals surface area contributed by atoms with Crippen LogP contribution in [-0.2, 0) is 26.2 Å². The van der Waals surface area contributed by atoms with Gasteiger partial charge in [-0.1, -0.05) is 55.4 Å². The second-order valence-electron chi connectivity index (χ2n) is 5.52. The van der Waals surface area contributed by atoms with Crippen LogP contribution in [0.3, 0.4) is 0 Å². The van der Waals surface area contributed by atoms with Crippen molar-refractivity contribution in [1.82, 2.24) is 0 Å². The Labute approximate surface area is 138 Å². The fourth-order valence-electron chi connectivity index (χ4n) is 2.27. The third kappa shape index (κ3) is 4.28. The minimum atomic E-state index is 0. The van der Waals surface area contributed by atoms with Crippen molar-refractivity contribution in [3.8, 4) is 0 Å². The quantitative estimate of drug-likeness (QED) is 0.576. The molecule has 1 heteroatoms. The first-order valence-electron chi connectivity index (χ1n) is 6.65. The molecule has 0 aliphatic carbocycles. The van der Waals surface area contributed by atoms with Crippen molar-refractivity contribution in [3.63, 3.8) is 0 Å². The van der Waals surface area contributed by atoms with Gasteiger partial charge < -0.3 is 0 Å². The van der Waals surface area contributed by atoms with E-state index in [1.807, 2.05) is 0 Å². The topological polar surface area (TPSA) is 0 Å². The molecule has 0 heterocycles. The summed E-state index contributed by atoms with van der Waals surface area (Å²) in [6.07, 6.45) is 0. The van der Waals surface area contributed by atoms with Crippen molar-refractivity contribution in [1.29, 1.82) is 0 Å². The average Bonchev–Trinajstić information content (AvgIpc) is 2.66. The Hall–Kier alpha value is -0.417. The second kappa shape index (κ2) is 7.39. The molecule has 2 aromatic carbocycles. The first kappa shape index (κ1) is 18.6. The molecule has 0 saturated heterocycles. The zero-order chi connectivity index (χ0) is 14.0. The van der Waals surface area contributed by atoms with Crippen LogP contribution in [0.25, 0.3) is 0 Å². The molecule has 0 spiro atoms. The van der Waals surface area contributed by atoms with Crippen LogP contribution < -0.4 is 0 Å². The maximum atomic E-state index is 2.24. The van der Waals surface area contributed by atoms with E-state index >= 15 is 0 Å². The van der Waals surface area contributed by atoms with E-state index in [9.17, 15) is 0 Å². The number of hydrogen-bond donors (Lipinski definition) is 0. The predicted molar refractivity (Wildman–Crippen MR) is 82.0 cm³/mol. The van der Waals surface area contributed by atoms with Crippen molar-refractivity contribution in [3.05, 3.63) is 56.6 Å². The van der Waals surface area contributed by atoms with Crippen LogP contribution in [0.4, 0.5) is 0 Å². The van der Waals surface area contributed by atoms with Crippen molar-refractivity contribution in [2.24, 2.45) is 0 Å². The largest absolute Gasteiger partial charge is 2.00 e. The fraction of sp³-hybridized carbons (Fsp3) is 0.444. The van der Waals surface area contributed by atoms with Gasteiger partial charge in [0.15, 0.2) is 0 Å². The molecular formula is C18H26Zr. The average molecular weight is 334 g/mol. The van der Waals surface area contributed by atoms with Crippen molar-refractivity contribution in [2.45, 2.75) is 55.4 Å². The molecular weight excluding hydrogens is 307 g/mol. The third-order valence-electron chi connectivity index (χ3n) is 4.36. The van der Waals surface area contributed by atoms with Crippen molar-refractivity contribution < 1.29 is 26.2 Å². The van der Waals surface area contributed by atoms with Crippen LogP contribution in [0.5, 0.6) is 0 Å². The molecule has 0 radical (unpaired) electrons. The van der Waals surface area contributed by atoms with Crippen LogP contribution in [0.1, 0.15) is 44.5 Å². The summed E-state index contributed by atoms with van der Waals surface area (Å²) in [5, 5.41) is 0. The Morgan fingerprint density at radius 2 is 0.579 bits per heavy atom. The van der Waals surface area contributed by atoms with Crippen LogP contribution >= 0.6 is 0 Å². The molecule has 19 heavy (non-hydrogen) atoms. The maximum absolute atomic E-state index is 2.24. The van der Waals surface area contributed by atoms with Gasteiger partial charge in [-0.15, -0.1) is 0 Å². The first-order chi connectivity index (χ1) is 8.25. The molecule has 2 rings (SSSR count). The molecule has 0 unspecified atom stereocenters. The maximum Gasteiger partial charge on any atom is 2.00 e. The van der Waals surface area contributed by atoms with Crippen LogP contribution in [-0.4, -0.2) is 0 Å². The molecule has 0 aliphatic heterocycles. The molecule has 0 amide bonds. The summed E-state index contributed by atoms with van der Waals surface area (Å²) in [6.45, 7) is 17.4. The van der Waals surface area contributed by atoms with E-state index in [0.717, 1.165) is 0 Å². The van der Waals surface area contributed by atoms with E-state index in [2.05, 4.69) is 67.5 Å². The summed E-state index contributed by atoms with van der Waals surface area (Å²) in [5.74, 6) is 0. The van der Waals surface area contributed by atoms with Gasteiger partial charge in [0.2, 0.25) is 0 Å². The van der Waals surface area contributed by atoms with Gasteiger partial charge in [-0.05, 0) is 0 Å². The van der Waals surface area contributed by atoms with E-state index in [4.69, 9.17) is 0 Å². The summed E-state index contributed by atoms with van der Waals surface area (Å²) in [5.41, 5.74) is 11.5. The minimum absolute atomic E-state index is 0. The van der Waals surface area contributed by atoms with E-state index in [-0.39, 0.29) is 26.2 Å². The molecule has 2 aromatic rings. The molecule has 0 nitrogen and oxygen atoms in total. The van der Waals surface area contributed by atoms with Gasteiger partial charge >= 0.3 is 26.2 Å². The standard InChI is InChI=1S/2C9H13.Zr/c2*1-6-5-7(2)9(4)8(6)3;/h2*5H,1-4H3;/q2*-1;+2. The second-order valence-corrected chi connectivity index (χ2v) is 5.52. The van der Waals surface area contributed by atoms with Crippen LogP contribution in [0, 0.1) is 55.4 Å². The summed E-state index contributed by atoms with van der Waals surface area (Å²) in [6, 6.07) is 4.48. The third-order valence-corrected chi connectivity index (χ3v) is 4.36. The van der Waals surface area contributed by atoms with Gasteiger partial charge in [0.05, 0.1) is 0 Å². The minimum Gasteiger partial charge on any atom is -0.196 e. The SMILES string of the molecule is Cc1[cH-]c(C)c(C)c1C.Cc1[cH-]c(C)c(C)c1C.[Zr+2]. The van der Waals surface area contributed by atoms with E-state index < -0.39 is 0 Å². The summed E-state index contributed by atoms with van der Waals surface area (Å²) >= 11 is 0. The van der Waals surface area contributed by atoms with Crippen molar-refractivity contribution >= 4 is 0 Å². The summed E-state index contributed by atoms with van der Waals surface area (Å²) in [7, 11) is 0. The van der Waals surface area contributed by atoms with Gasteiger partial charge in [0.25, 0.3) is 0 Å². The number of rotatable bonds is 0.